The van der Waals surface area contributed by atoms with Crippen molar-refractivity contribution in [1.29, 1.82) is 0 Å². The third-order valence-corrected chi connectivity index (χ3v) is 5.12. The largest absolute Gasteiger partial charge is 0.372 e. The van der Waals surface area contributed by atoms with E-state index in [-0.39, 0.29) is 5.41 Å². The zero-order valence-corrected chi connectivity index (χ0v) is 15.5. The zero-order valence-electron chi connectivity index (χ0n) is 13.1. The predicted molar refractivity (Wildman–Crippen MR) is 93.1 cm³/mol. The molecule has 0 aliphatic heterocycles. The fraction of sp³-hybridized carbons (Fsp3) is 0.533. The molecule has 0 spiro atoms. The molecule has 0 atom stereocenters. The van der Waals surface area contributed by atoms with Gasteiger partial charge in [0.05, 0.1) is 15.2 Å². The zero-order chi connectivity index (χ0) is 15.6. The summed E-state index contributed by atoms with van der Waals surface area (Å²) in [6.07, 6.45) is 1.96. The Kier molecular flexibility index (Phi) is 4.99. The number of anilines is 1. The normalized spacial score (nSPS) is 11.7. The second-order valence-corrected chi connectivity index (χ2v) is 7.60. The Morgan fingerprint density at radius 1 is 1.24 bits per heavy atom. The van der Waals surface area contributed by atoms with Crippen LogP contribution in [0.3, 0.4) is 0 Å². The van der Waals surface area contributed by atoms with Crippen LogP contribution in [0.1, 0.15) is 44.8 Å². The van der Waals surface area contributed by atoms with Gasteiger partial charge in [-0.1, -0.05) is 34.1 Å². The summed E-state index contributed by atoms with van der Waals surface area (Å²) in [5.41, 5.74) is 1.93. The van der Waals surface area contributed by atoms with E-state index < -0.39 is 0 Å². The first-order valence-corrected chi connectivity index (χ1v) is 8.74. The molecular formula is C15H21BrN4S. The Balaban J connectivity index is 2.48. The average molecular weight is 369 g/mol. The number of nitrogens with zero attached hydrogens (tertiary/aromatic N) is 3. The molecule has 2 heterocycles. The fourth-order valence-electron chi connectivity index (χ4n) is 1.90. The molecule has 2 aromatic rings. The highest BCUT2D eigenvalue weighted by atomic mass is 79.9. The summed E-state index contributed by atoms with van der Waals surface area (Å²) >= 11 is 5.25. The lowest BCUT2D eigenvalue weighted by atomic mass is 9.98. The first kappa shape index (κ1) is 16.4. The van der Waals surface area contributed by atoms with Gasteiger partial charge in [0.15, 0.2) is 5.82 Å². The Labute approximate surface area is 138 Å². The van der Waals surface area contributed by atoms with Crippen LogP contribution in [0.5, 0.6) is 0 Å². The summed E-state index contributed by atoms with van der Waals surface area (Å²) in [6, 6.07) is 0. The Hall–Kier alpha value is -1.01. The number of hydrogen-bond acceptors (Lipinski definition) is 5. The summed E-state index contributed by atoms with van der Waals surface area (Å²) in [5.74, 6) is 1.51. The maximum absolute atomic E-state index is 4.71. The SMILES string of the molecule is CCCc1nc(-c2csc(C(C)(C)C)n2)nc(NC)c1Br. The first-order valence-electron chi connectivity index (χ1n) is 7.07. The number of hydrogen-bond donors (Lipinski definition) is 1. The van der Waals surface area contributed by atoms with Crippen LogP contribution in [-0.2, 0) is 11.8 Å². The minimum absolute atomic E-state index is 0.0519. The van der Waals surface area contributed by atoms with Crippen LogP contribution >= 0.6 is 27.3 Å². The molecule has 0 aliphatic rings. The minimum atomic E-state index is 0.0519. The molecule has 0 aliphatic carbocycles. The molecule has 0 saturated carbocycles. The lowest BCUT2D eigenvalue weighted by molar-refractivity contribution is 0.586. The first-order chi connectivity index (χ1) is 9.86. The highest BCUT2D eigenvalue weighted by Crippen LogP contribution is 2.31. The standard InChI is InChI=1S/C15H21BrN4S/c1-6-7-9-11(16)13(17-5)20-12(18-9)10-8-21-14(19-10)15(2,3)4/h8H,6-7H2,1-5H3,(H,17,18,20). The Morgan fingerprint density at radius 3 is 2.48 bits per heavy atom. The molecule has 0 fully saturated rings. The van der Waals surface area contributed by atoms with E-state index in [2.05, 4.69) is 58.9 Å². The predicted octanol–water partition coefficient (Wildman–Crippen LogP) is 4.65. The van der Waals surface area contributed by atoms with Gasteiger partial charge in [-0.15, -0.1) is 11.3 Å². The second kappa shape index (κ2) is 6.40. The van der Waals surface area contributed by atoms with Crippen molar-refractivity contribution in [2.24, 2.45) is 0 Å². The number of thiazole rings is 1. The van der Waals surface area contributed by atoms with Gasteiger partial charge < -0.3 is 5.32 Å². The highest BCUT2D eigenvalue weighted by Gasteiger charge is 2.20. The number of halogens is 1. The molecule has 21 heavy (non-hydrogen) atoms. The summed E-state index contributed by atoms with van der Waals surface area (Å²) in [7, 11) is 1.87. The monoisotopic (exact) mass is 368 g/mol. The fourth-order valence-corrected chi connectivity index (χ4v) is 3.36. The van der Waals surface area contributed by atoms with Gasteiger partial charge >= 0.3 is 0 Å². The van der Waals surface area contributed by atoms with Gasteiger partial charge in [0.2, 0.25) is 0 Å². The molecular weight excluding hydrogens is 348 g/mol. The molecule has 0 saturated heterocycles. The number of rotatable bonds is 4. The van der Waals surface area contributed by atoms with Gasteiger partial charge in [0, 0.05) is 17.8 Å². The summed E-state index contributed by atoms with van der Waals surface area (Å²) in [4.78, 5) is 14.0. The van der Waals surface area contributed by atoms with Crippen molar-refractivity contribution < 1.29 is 0 Å². The average Bonchev–Trinajstić information content (AvgIpc) is 2.91. The Morgan fingerprint density at radius 2 is 1.95 bits per heavy atom. The van der Waals surface area contributed by atoms with Crippen LogP contribution in [0.25, 0.3) is 11.5 Å². The van der Waals surface area contributed by atoms with Crippen LogP contribution < -0.4 is 5.32 Å². The molecule has 6 heteroatoms. The summed E-state index contributed by atoms with van der Waals surface area (Å²) in [6.45, 7) is 8.65. The van der Waals surface area contributed by atoms with Crippen LogP contribution in [0.4, 0.5) is 5.82 Å². The lowest BCUT2D eigenvalue weighted by Gasteiger charge is -2.13. The van der Waals surface area contributed by atoms with E-state index in [0.717, 1.165) is 39.5 Å². The molecule has 0 unspecified atom stereocenters. The molecule has 4 nitrogen and oxygen atoms in total. The van der Waals surface area contributed by atoms with Crippen LogP contribution in [0.2, 0.25) is 0 Å². The maximum atomic E-state index is 4.71. The molecule has 0 amide bonds. The molecule has 0 radical (unpaired) electrons. The van der Waals surface area contributed by atoms with Crippen molar-refractivity contribution in [1.82, 2.24) is 15.0 Å². The molecule has 2 rings (SSSR count). The van der Waals surface area contributed by atoms with Crippen molar-refractivity contribution in [3.8, 4) is 11.5 Å². The lowest BCUT2D eigenvalue weighted by Crippen LogP contribution is -2.10. The highest BCUT2D eigenvalue weighted by molar-refractivity contribution is 9.10. The second-order valence-electron chi connectivity index (χ2n) is 5.94. The van der Waals surface area contributed by atoms with Gasteiger partial charge in [-0.2, -0.15) is 0 Å². The third kappa shape index (κ3) is 3.61. The minimum Gasteiger partial charge on any atom is -0.372 e. The van der Waals surface area contributed by atoms with Crippen molar-refractivity contribution >= 4 is 33.1 Å². The topological polar surface area (TPSA) is 50.7 Å². The van der Waals surface area contributed by atoms with E-state index in [1.54, 1.807) is 11.3 Å². The molecule has 114 valence electrons. The van der Waals surface area contributed by atoms with Gasteiger partial charge in [-0.3, -0.25) is 0 Å². The van der Waals surface area contributed by atoms with E-state index in [9.17, 15) is 0 Å². The van der Waals surface area contributed by atoms with Crippen LogP contribution in [0, 0.1) is 0 Å². The maximum Gasteiger partial charge on any atom is 0.181 e. The van der Waals surface area contributed by atoms with E-state index in [1.807, 2.05) is 12.4 Å². The number of aromatic nitrogens is 3. The van der Waals surface area contributed by atoms with Crippen LogP contribution in [0.15, 0.2) is 9.85 Å². The van der Waals surface area contributed by atoms with E-state index in [4.69, 9.17) is 4.98 Å². The van der Waals surface area contributed by atoms with Crippen molar-refractivity contribution in [2.45, 2.75) is 46.0 Å². The number of nitrogens with one attached hydrogen (secondary N) is 1. The Bertz CT molecular complexity index is 631. The number of aryl methyl sites for hydroxylation is 1. The van der Waals surface area contributed by atoms with Gasteiger partial charge in [-0.25, -0.2) is 15.0 Å². The van der Waals surface area contributed by atoms with Gasteiger partial charge in [0.1, 0.15) is 11.5 Å². The van der Waals surface area contributed by atoms with Crippen molar-refractivity contribution in [3.05, 3.63) is 20.6 Å². The van der Waals surface area contributed by atoms with Crippen LogP contribution in [-0.4, -0.2) is 22.0 Å². The van der Waals surface area contributed by atoms with Crippen molar-refractivity contribution in [3.63, 3.8) is 0 Å². The molecule has 0 aromatic carbocycles. The van der Waals surface area contributed by atoms with Gasteiger partial charge in [-0.05, 0) is 22.4 Å². The third-order valence-electron chi connectivity index (χ3n) is 3.02. The van der Waals surface area contributed by atoms with E-state index in [1.165, 1.54) is 0 Å². The van der Waals surface area contributed by atoms with E-state index >= 15 is 0 Å². The smallest absolute Gasteiger partial charge is 0.181 e. The molecule has 0 bridgehead atoms. The van der Waals surface area contributed by atoms with Crippen molar-refractivity contribution in [2.75, 3.05) is 12.4 Å². The van der Waals surface area contributed by atoms with E-state index in [0.29, 0.717) is 5.82 Å². The summed E-state index contributed by atoms with van der Waals surface area (Å²) in [5, 5.41) is 6.26. The van der Waals surface area contributed by atoms with Gasteiger partial charge in [0.25, 0.3) is 0 Å². The summed E-state index contributed by atoms with van der Waals surface area (Å²) < 4.78 is 0.946. The molecule has 1 N–H and O–H groups in total. The molecule has 2 aromatic heterocycles. The quantitative estimate of drug-likeness (QED) is 0.852.